The Kier molecular flexibility index (Phi) is 6.22. The highest BCUT2D eigenvalue weighted by atomic mass is 32.2. The second-order valence-corrected chi connectivity index (χ2v) is 9.02. The number of nitrogens with zero attached hydrogens (tertiary/aromatic N) is 2. The topological polar surface area (TPSA) is 85.2 Å². The molecule has 8 heteroatoms. The van der Waals surface area contributed by atoms with Crippen LogP contribution in [0, 0.1) is 0 Å². The molecule has 1 heterocycles. The van der Waals surface area contributed by atoms with Crippen LogP contribution in [0.4, 0.5) is 5.69 Å². The van der Waals surface area contributed by atoms with Crippen LogP contribution >= 0.6 is 11.8 Å². The molecule has 1 aliphatic rings. The summed E-state index contributed by atoms with van der Waals surface area (Å²) in [6.45, 7) is 0. The van der Waals surface area contributed by atoms with Gasteiger partial charge in [-0.1, -0.05) is 30.0 Å². The molecular formula is C26H24N4O3S. The van der Waals surface area contributed by atoms with Crippen molar-refractivity contribution in [2.75, 3.05) is 18.2 Å². The van der Waals surface area contributed by atoms with E-state index in [-0.39, 0.29) is 23.6 Å². The number of rotatable bonds is 8. The van der Waals surface area contributed by atoms with Crippen LogP contribution < -0.4 is 15.4 Å². The predicted molar refractivity (Wildman–Crippen MR) is 134 cm³/mol. The molecule has 172 valence electrons. The highest BCUT2D eigenvalue weighted by Gasteiger charge is 2.24. The summed E-state index contributed by atoms with van der Waals surface area (Å²) in [7, 11) is 1.64. The van der Waals surface area contributed by atoms with Crippen molar-refractivity contribution in [1.29, 1.82) is 0 Å². The van der Waals surface area contributed by atoms with E-state index in [1.165, 1.54) is 11.8 Å². The Hall–Kier alpha value is -3.78. The molecule has 0 spiro atoms. The number of ether oxygens (including phenoxy) is 1. The van der Waals surface area contributed by atoms with Crippen molar-refractivity contribution in [2.24, 2.45) is 0 Å². The Balaban J connectivity index is 1.31. The zero-order valence-corrected chi connectivity index (χ0v) is 19.5. The Bertz CT molecular complexity index is 1350. The molecule has 1 fully saturated rings. The lowest BCUT2D eigenvalue weighted by molar-refractivity contribution is -0.113. The van der Waals surface area contributed by atoms with Crippen LogP contribution in [0.25, 0.3) is 16.7 Å². The number of imidazole rings is 1. The van der Waals surface area contributed by atoms with Gasteiger partial charge in [0.05, 0.1) is 23.9 Å². The van der Waals surface area contributed by atoms with Crippen molar-refractivity contribution in [3.63, 3.8) is 0 Å². The van der Waals surface area contributed by atoms with Crippen molar-refractivity contribution in [2.45, 2.75) is 24.0 Å². The first kappa shape index (κ1) is 22.0. The van der Waals surface area contributed by atoms with Crippen LogP contribution in [0.15, 0.2) is 78.0 Å². The maximum atomic E-state index is 12.7. The van der Waals surface area contributed by atoms with Crippen LogP contribution in [0.3, 0.4) is 0 Å². The molecule has 0 bridgehead atoms. The molecule has 0 saturated heterocycles. The summed E-state index contributed by atoms with van der Waals surface area (Å²) in [5.74, 6) is 0.673. The molecule has 2 N–H and O–H groups in total. The first-order valence-corrected chi connectivity index (χ1v) is 12.0. The molecule has 1 aliphatic carbocycles. The number of benzene rings is 3. The number of nitrogens with one attached hydrogen (secondary N) is 2. The standard InChI is InChI=1S/C26H24N4O3S/c1-33-21-13-11-20(12-14-21)30-23-8-3-2-7-22(23)29-26(30)34-16-24(31)27-19-6-4-5-17(15-19)25(32)28-18-9-10-18/h2-8,11-15,18H,9-10,16H2,1H3,(H,27,31)(H,28,32). The van der Waals surface area contributed by atoms with Crippen molar-refractivity contribution in [3.05, 3.63) is 78.4 Å². The van der Waals surface area contributed by atoms with Crippen molar-refractivity contribution in [1.82, 2.24) is 14.9 Å². The fourth-order valence-corrected chi connectivity index (χ4v) is 4.47. The summed E-state index contributed by atoms with van der Waals surface area (Å²) >= 11 is 1.36. The van der Waals surface area contributed by atoms with Crippen molar-refractivity contribution < 1.29 is 14.3 Å². The van der Waals surface area contributed by atoms with Gasteiger partial charge in [-0.2, -0.15) is 0 Å². The second kappa shape index (κ2) is 9.61. The van der Waals surface area contributed by atoms with E-state index in [2.05, 4.69) is 10.6 Å². The van der Waals surface area contributed by atoms with Crippen LogP contribution in [-0.2, 0) is 4.79 Å². The van der Waals surface area contributed by atoms with Crippen LogP contribution in [0.2, 0.25) is 0 Å². The zero-order valence-electron chi connectivity index (χ0n) is 18.7. The largest absolute Gasteiger partial charge is 0.497 e. The van der Waals surface area contributed by atoms with Gasteiger partial charge in [0.2, 0.25) is 5.91 Å². The quantitative estimate of drug-likeness (QED) is 0.365. The highest BCUT2D eigenvalue weighted by molar-refractivity contribution is 7.99. The van der Waals surface area contributed by atoms with Gasteiger partial charge in [-0.15, -0.1) is 0 Å². The minimum atomic E-state index is -0.168. The Morgan fingerprint density at radius 1 is 1.06 bits per heavy atom. The third kappa shape index (κ3) is 4.92. The summed E-state index contributed by atoms with van der Waals surface area (Å²) in [6.07, 6.45) is 2.06. The molecule has 5 rings (SSSR count). The van der Waals surface area contributed by atoms with Crippen LogP contribution in [0.1, 0.15) is 23.2 Å². The molecule has 1 saturated carbocycles. The number of fused-ring (bicyclic) bond motifs is 1. The van der Waals surface area contributed by atoms with Gasteiger partial charge in [-0.25, -0.2) is 4.98 Å². The molecule has 1 aromatic heterocycles. The summed E-state index contributed by atoms with van der Waals surface area (Å²) in [5, 5.41) is 6.58. The molecule has 3 aromatic carbocycles. The summed E-state index contributed by atoms with van der Waals surface area (Å²) in [5.41, 5.74) is 3.89. The van der Waals surface area contributed by atoms with Gasteiger partial charge in [0.1, 0.15) is 5.75 Å². The minimum Gasteiger partial charge on any atom is -0.497 e. The van der Waals surface area contributed by atoms with E-state index in [0.717, 1.165) is 40.5 Å². The smallest absolute Gasteiger partial charge is 0.251 e. The number of aromatic nitrogens is 2. The number of hydrogen-bond donors (Lipinski definition) is 2. The summed E-state index contributed by atoms with van der Waals surface area (Å²) in [4.78, 5) is 29.8. The van der Waals surface area contributed by atoms with Gasteiger partial charge in [-0.3, -0.25) is 14.2 Å². The SMILES string of the molecule is COc1ccc(-n2c(SCC(=O)Nc3cccc(C(=O)NC4CC4)c3)nc3ccccc32)cc1. The van der Waals surface area contributed by atoms with E-state index in [4.69, 9.17) is 9.72 Å². The molecule has 0 aliphatic heterocycles. The fourth-order valence-electron chi connectivity index (χ4n) is 3.64. The van der Waals surface area contributed by atoms with Crippen molar-refractivity contribution in [3.8, 4) is 11.4 Å². The fraction of sp³-hybridized carbons (Fsp3) is 0.192. The first-order valence-electron chi connectivity index (χ1n) is 11.1. The van der Waals surface area contributed by atoms with E-state index in [1.54, 1.807) is 31.4 Å². The monoisotopic (exact) mass is 472 g/mol. The number of anilines is 1. The number of amides is 2. The van der Waals surface area contributed by atoms with Gasteiger partial charge in [0, 0.05) is 23.0 Å². The normalized spacial score (nSPS) is 13.0. The maximum absolute atomic E-state index is 12.7. The van der Waals surface area contributed by atoms with E-state index in [9.17, 15) is 9.59 Å². The molecule has 2 amide bonds. The molecule has 34 heavy (non-hydrogen) atoms. The van der Waals surface area contributed by atoms with E-state index in [0.29, 0.717) is 11.3 Å². The highest BCUT2D eigenvalue weighted by Crippen LogP contribution is 2.29. The van der Waals surface area contributed by atoms with Gasteiger partial charge in [0.15, 0.2) is 5.16 Å². The summed E-state index contributed by atoms with van der Waals surface area (Å²) in [6, 6.07) is 22.9. The first-order chi connectivity index (χ1) is 16.6. The Morgan fingerprint density at radius 3 is 2.62 bits per heavy atom. The second-order valence-electron chi connectivity index (χ2n) is 8.08. The van der Waals surface area contributed by atoms with E-state index < -0.39 is 0 Å². The number of carbonyl (C=O) groups excluding carboxylic acids is 2. The van der Waals surface area contributed by atoms with Gasteiger partial charge >= 0.3 is 0 Å². The minimum absolute atomic E-state index is 0.110. The third-order valence-electron chi connectivity index (χ3n) is 5.51. The molecule has 7 nitrogen and oxygen atoms in total. The Labute approximate surface area is 201 Å². The van der Waals surface area contributed by atoms with Gasteiger partial charge in [0.25, 0.3) is 5.91 Å². The van der Waals surface area contributed by atoms with Gasteiger partial charge < -0.3 is 15.4 Å². The Morgan fingerprint density at radius 2 is 1.85 bits per heavy atom. The number of carbonyl (C=O) groups is 2. The molecule has 0 unspecified atom stereocenters. The molecule has 4 aromatic rings. The maximum Gasteiger partial charge on any atom is 0.251 e. The number of para-hydroxylation sites is 2. The molecule has 0 atom stereocenters. The predicted octanol–water partition coefficient (Wildman–Crippen LogP) is 4.66. The molecule has 0 radical (unpaired) electrons. The average Bonchev–Trinajstić information content (AvgIpc) is 3.60. The van der Waals surface area contributed by atoms with Crippen LogP contribution in [0.5, 0.6) is 5.75 Å². The molecular weight excluding hydrogens is 448 g/mol. The average molecular weight is 473 g/mol. The lowest BCUT2D eigenvalue weighted by Crippen LogP contribution is -2.25. The number of hydrogen-bond acceptors (Lipinski definition) is 5. The lowest BCUT2D eigenvalue weighted by atomic mass is 10.2. The number of methoxy groups -OCH3 is 1. The lowest BCUT2D eigenvalue weighted by Gasteiger charge is -2.10. The zero-order chi connectivity index (χ0) is 23.5. The van der Waals surface area contributed by atoms with E-state index in [1.807, 2.05) is 53.1 Å². The van der Waals surface area contributed by atoms with Gasteiger partial charge in [-0.05, 0) is 67.4 Å². The number of thioether (sulfide) groups is 1. The van der Waals surface area contributed by atoms with Crippen molar-refractivity contribution >= 4 is 40.3 Å². The summed E-state index contributed by atoms with van der Waals surface area (Å²) < 4.78 is 7.31. The van der Waals surface area contributed by atoms with Crippen LogP contribution in [-0.4, -0.2) is 40.3 Å². The van der Waals surface area contributed by atoms with E-state index >= 15 is 0 Å². The third-order valence-corrected chi connectivity index (χ3v) is 6.45.